The Kier molecular flexibility index (Phi) is 6.43. The van der Waals surface area contributed by atoms with E-state index in [4.69, 9.17) is 0 Å². The number of carbonyl (C=O) groups excluding carboxylic acids is 1. The van der Waals surface area contributed by atoms with Gasteiger partial charge in [-0.3, -0.25) is 0 Å². The van der Waals surface area contributed by atoms with Crippen LogP contribution in [0, 0.1) is 0 Å². The minimum absolute atomic E-state index is 0.270. The number of hydrogen-bond donors (Lipinski definition) is 2. The monoisotopic (exact) mass is 416 g/mol. The molecule has 1 fully saturated rings. The molecule has 0 aliphatic carbocycles. The molecule has 31 heavy (non-hydrogen) atoms. The van der Waals surface area contributed by atoms with Gasteiger partial charge in [0, 0.05) is 43.1 Å². The summed E-state index contributed by atoms with van der Waals surface area (Å²) in [5.74, 6) is 0.916. The van der Waals surface area contributed by atoms with Crippen molar-refractivity contribution >= 4 is 23.2 Å². The van der Waals surface area contributed by atoms with Crippen LogP contribution in [0.15, 0.2) is 60.7 Å². The van der Waals surface area contributed by atoms with Crippen molar-refractivity contribution in [1.82, 2.24) is 15.1 Å². The third kappa shape index (κ3) is 5.38. The molecule has 2 heterocycles. The molecule has 0 atom stereocenters. The molecule has 1 saturated heterocycles. The second-order valence-corrected chi connectivity index (χ2v) is 7.77. The molecule has 0 saturated carbocycles. The van der Waals surface area contributed by atoms with Crippen molar-refractivity contribution in [2.45, 2.75) is 13.3 Å². The van der Waals surface area contributed by atoms with Crippen molar-refractivity contribution < 1.29 is 4.79 Å². The molecule has 2 aromatic carbocycles. The number of nitrogens with one attached hydrogen (secondary N) is 2. The van der Waals surface area contributed by atoms with E-state index in [-0.39, 0.29) is 6.03 Å². The van der Waals surface area contributed by atoms with Crippen LogP contribution in [0.3, 0.4) is 0 Å². The maximum absolute atomic E-state index is 12.2. The van der Waals surface area contributed by atoms with Crippen LogP contribution >= 0.6 is 0 Å². The lowest BCUT2D eigenvalue weighted by Crippen LogP contribution is -2.44. The van der Waals surface area contributed by atoms with Crippen molar-refractivity contribution in [2.75, 3.05) is 48.8 Å². The number of rotatable bonds is 5. The van der Waals surface area contributed by atoms with Gasteiger partial charge in [0.25, 0.3) is 0 Å². The molecular formula is C24H28N6O. The fraction of sp³-hybridized carbons (Fsp3) is 0.292. The molecule has 2 N–H and O–H groups in total. The van der Waals surface area contributed by atoms with Crippen molar-refractivity contribution in [3.8, 4) is 11.3 Å². The number of urea groups is 1. The number of aryl methyl sites for hydroxylation is 1. The normalized spacial score (nSPS) is 14.3. The van der Waals surface area contributed by atoms with E-state index in [1.54, 1.807) is 0 Å². The number of likely N-dealkylation sites (N-methyl/N-ethyl adjacent to an activating group) is 1. The van der Waals surface area contributed by atoms with Crippen molar-refractivity contribution in [1.29, 1.82) is 0 Å². The lowest BCUT2D eigenvalue weighted by molar-refractivity contribution is 0.262. The maximum atomic E-state index is 12.2. The maximum Gasteiger partial charge on any atom is 0.323 e. The number of anilines is 3. The van der Waals surface area contributed by atoms with Gasteiger partial charge >= 0.3 is 6.03 Å². The van der Waals surface area contributed by atoms with Crippen LogP contribution in [0.2, 0.25) is 0 Å². The van der Waals surface area contributed by atoms with Gasteiger partial charge in [-0.1, -0.05) is 31.2 Å². The van der Waals surface area contributed by atoms with E-state index in [9.17, 15) is 4.79 Å². The second kappa shape index (κ2) is 9.57. The van der Waals surface area contributed by atoms with Gasteiger partial charge in [0.15, 0.2) is 5.82 Å². The molecule has 0 radical (unpaired) electrons. The number of aromatic nitrogens is 2. The first-order valence-corrected chi connectivity index (χ1v) is 10.7. The van der Waals surface area contributed by atoms with Crippen LogP contribution < -0.4 is 15.5 Å². The van der Waals surface area contributed by atoms with Crippen molar-refractivity contribution in [3.05, 3.63) is 66.2 Å². The Labute approximate surface area is 183 Å². The first-order chi connectivity index (χ1) is 15.1. The molecule has 0 unspecified atom stereocenters. The number of nitrogens with zero attached hydrogens (tertiary/aromatic N) is 4. The summed E-state index contributed by atoms with van der Waals surface area (Å²) in [4.78, 5) is 16.8. The SMILES string of the molecule is CCc1ccc(NC(=O)Nc2ccc(-c3ccc(N4CCN(C)CC4)nn3)cc2)cc1. The lowest BCUT2D eigenvalue weighted by atomic mass is 10.1. The number of benzene rings is 2. The Morgan fingerprint density at radius 2 is 1.45 bits per heavy atom. The van der Waals surface area contributed by atoms with Gasteiger partial charge in [-0.05, 0) is 55.4 Å². The molecule has 3 aromatic rings. The van der Waals surface area contributed by atoms with Crippen LogP contribution in [0.1, 0.15) is 12.5 Å². The van der Waals surface area contributed by atoms with Crippen molar-refractivity contribution in [2.24, 2.45) is 0 Å². The molecule has 1 aromatic heterocycles. The van der Waals surface area contributed by atoms with Crippen LogP contribution in [0.4, 0.5) is 22.0 Å². The Morgan fingerprint density at radius 3 is 2.00 bits per heavy atom. The lowest BCUT2D eigenvalue weighted by Gasteiger charge is -2.32. The zero-order valence-corrected chi connectivity index (χ0v) is 18.0. The summed E-state index contributed by atoms with van der Waals surface area (Å²) in [5.41, 5.74) is 4.49. The van der Waals surface area contributed by atoms with Crippen LogP contribution in [0.5, 0.6) is 0 Å². The Hall–Kier alpha value is -3.45. The van der Waals surface area contributed by atoms with E-state index >= 15 is 0 Å². The van der Waals surface area contributed by atoms with E-state index in [2.05, 4.69) is 44.6 Å². The molecule has 7 nitrogen and oxygen atoms in total. The van der Waals surface area contributed by atoms with Gasteiger partial charge in [0.05, 0.1) is 5.69 Å². The number of carbonyl (C=O) groups is 1. The largest absolute Gasteiger partial charge is 0.353 e. The zero-order chi connectivity index (χ0) is 21.6. The van der Waals surface area contributed by atoms with Crippen molar-refractivity contribution in [3.63, 3.8) is 0 Å². The highest BCUT2D eigenvalue weighted by Gasteiger charge is 2.15. The fourth-order valence-electron chi connectivity index (χ4n) is 3.52. The molecule has 0 spiro atoms. The average Bonchev–Trinajstić information content (AvgIpc) is 2.81. The highest BCUT2D eigenvalue weighted by atomic mass is 16.2. The van der Waals surface area contributed by atoms with E-state index in [1.807, 2.05) is 60.7 Å². The minimum atomic E-state index is -0.270. The summed E-state index contributed by atoms with van der Waals surface area (Å²) in [5, 5.41) is 14.5. The van der Waals surface area contributed by atoms with Gasteiger partial charge in [0.2, 0.25) is 0 Å². The van der Waals surface area contributed by atoms with Gasteiger partial charge in [-0.2, -0.15) is 0 Å². The molecule has 1 aliphatic rings. The molecule has 4 rings (SSSR count). The van der Waals surface area contributed by atoms with Gasteiger partial charge in [-0.15, -0.1) is 10.2 Å². The number of amides is 2. The Balaban J connectivity index is 1.34. The van der Waals surface area contributed by atoms with Crippen LogP contribution in [-0.4, -0.2) is 54.4 Å². The molecule has 0 bridgehead atoms. The van der Waals surface area contributed by atoms with E-state index in [1.165, 1.54) is 5.56 Å². The quantitative estimate of drug-likeness (QED) is 0.655. The summed E-state index contributed by atoms with van der Waals surface area (Å²) in [7, 11) is 2.14. The molecule has 7 heteroatoms. The molecule has 1 aliphatic heterocycles. The topological polar surface area (TPSA) is 73.4 Å². The first kappa shape index (κ1) is 20.8. The van der Waals surface area contributed by atoms with E-state index < -0.39 is 0 Å². The molecule has 2 amide bonds. The van der Waals surface area contributed by atoms with Crippen LogP contribution in [-0.2, 0) is 6.42 Å². The minimum Gasteiger partial charge on any atom is -0.353 e. The summed E-state index contributed by atoms with van der Waals surface area (Å²) in [6, 6.07) is 19.2. The highest BCUT2D eigenvalue weighted by Crippen LogP contribution is 2.21. The standard InChI is InChI=1S/C24H28N6O/c1-3-18-4-8-20(9-5-18)25-24(31)26-21-10-6-19(7-11-21)22-12-13-23(28-27-22)30-16-14-29(2)15-17-30/h4-13H,3,14-17H2,1-2H3,(H2,25,26,31). The predicted octanol–water partition coefficient (Wildman–Crippen LogP) is 4.10. The summed E-state index contributed by atoms with van der Waals surface area (Å²) < 4.78 is 0. The number of piperazine rings is 1. The predicted molar refractivity (Wildman–Crippen MR) is 126 cm³/mol. The smallest absolute Gasteiger partial charge is 0.323 e. The Bertz CT molecular complexity index is 994. The highest BCUT2D eigenvalue weighted by molar-refractivity contribution is 5.99. The molecular weight excluding hydrogens is 388 g/mol. The first-order valence-electron chi connectivity index (χ1n) is 10.7. The summed E-state index contributed by atoms with van der Waals surface area (Å²) in [6.45, 7) is 6.11. The number of hydrogen-bond acceptors (Lipinski definition) is 5. The third-order valence-corrected chi connectivity index (χ3v) is 5.54. The summed E-state index contributed by atoms with van der Waals surface area (Å²) in [6.07, 6.45) is 0.974. The fourth-order valence-corrected chi connectivity index (χ4v) is 3.52. The summed E-state index contributed by atoms with van der Waals surface area (Å²) >= 11 is 0. The third-order valence-electron chi connectivity index (χ3n) is 5.54. The van der Waals surface area contributed by atoms with Crippen LogP contribution in [0.25, 0.3) is 11.3 Å². The second-order valence-electron chi connectivity index (χ2n) is 7.77. The average molecular weight is 417 g/mol. The molecule has 160 valence electrons. The van der Waals surface area contributed by atoms with E-state index in [0.717, 1.165) is 55.4 Å². The van der Waals surface area contributed by atoms with Gasteiger partial charge < -0.3 is 20.4 Å². The van der Waals surface area contributed by atoms with Gasteiger partial charge in [0.1, 0.15) is 0 Å². The Morgan fingerprint density at radius 1 is 0.839 bits per heavy atom. The van der Waals surface area contributed by atoms with Gasteiger partial charge in [-0.25, -0.2) is 4.79 Å². The van der Waals surface area contributed by atoms with E-state index in [0.29, 0.717) is 5.69 Å². The zero-order valence-electron chi connectivity index (χ0n) is 18.0.